The van der Waals surface area contributed by atoms with Crippen molar-refractivity contribution >= 4 is 42.1 Å². The highest BCUT2D eigenvalue weighted by atomic mass is 35.5. The van der Waals surface area contributed by atoms with Gasteiger partial charge < -0.3 is 10.2 Å². The minimum absolute atomic E-state index is 0. The standard InChI is InChI=1S/C16H18FN3OS.2ClH/c17-13-3-1-2-12(10-13)14-11-18-6-8-20(14)16(21)5-4-15-19-7-9-22-15;;/h1-3,7,9-10,14,18H,4-6,8,11H2;2*1H. The average molecular weight is 392 g/mol. The molecule has 1 aliphatic rings. The number of hydrogen-bond donors (Lipinski definition) is 1. The summed E-state index contributed by atoms with van der Waals surface area (Å²) in [4.78, 5) is 18.6. The third kappa shape index (κ3) is 5.14. The Hall–Kier alpha value is -1.21. The van der Waals surface area contributed by atoms with Crippen LogP contribution in [-0.4, -0.2) is 35.4 Å². The molecule has 3 rings (SSSR count). The quantitative estimate of drug-likeness (QED) is 0.869. The Bertz CT molecular complexity index is 642. The van der Waals surface area contributed by atoms with Gasteiger partial charge in [-0.1, -0.05) is 12.1 Å². The Labute approximate surface area is 157 Å². The molecule has 1 atom stereocenters. The molecule has 0 spiro atoms. The summed E-state index contributed by atoms with van der Waals surface area (Å²) < 4.78 is 13.5. The van der Waals surface area contributed by atoms with Gasteiger partial charge in [0.1, 0.15) is 5.82 Å². The molecule has 0 bridgehead atoms. The number of carbonyl (C=O) groups excluding carboxylic acids is 1. The molecule has 0 saturated carbocycles. The summed E-state index contributed by atoms with van der Waals surface area (Å²) >= 11 is 1.57. The van der Waals surface area contributed by atoms with Crippen molar-refractivity contribution in [1.82, 2.24) is 15.2 Å². The Kier molecular flexibility index (Phi) is 8.62. The van der Waals surface area contributed by atoms with Crippen molar-refractivity contribution in [1.29, 1.82) is 0 Å². The largest absolute Gasteiger partial charge is 0.333 e. The molecule has 2 aromatic rings. The van der Waals surface area contributed by atoms with E-state index < -0.39 is 0 Å². The molecule has 4 nitrogen and oxygen atoms in total. The van der Waals surface area contributed by atoms with Gasteiger partial charge in [0.25, 0.3) is 0 Å². The van der Waals surface area contributed by atoms with Gasteiger partial charge in [-0.05, 0) is 17.7 Å². The summed E-state index contributed by atoms with van der Waals surface area (Å²) in [6.07, 6.45) is 2.86. The molecule has 1 aliphatic heterocycles. The number of nitrogens with zero attached hydrogens (tertiary/aromatic N) is 2. The second kappa shape index (κ2) is 9.93. The second-order valence-corrected chi connectivity index (χ2v) is 6.27. The van der Waals surface area contributed by atoms with Crippen LogP contribution in [0.15, 0.2) is 35.8 Å². The van der Waals surface area contributed by atoms with Crippen molar-refractivity contribution in [2.24, 2.45) is 0 Å². The zero-order chi connectivity index (χ0) is 15.4. The van der Waals surface area contributed by atoms with E-state index >= 15 is 0 Å². The molecule has 2 heterocycles. The van der Waals surface area contributed by atoms with Crippen LogP contribution in [0.3, 0.4) is 0 Å². The van der Waals surface area contributed by atoms with Crippen molar-refractivity contribution in [2.45, 2.75) is 18.9 Å². The summed E-state index contributed by atoms with van der Waals surface area (Å²) in [5.74, 6) is -0.163. The summed E-state index contributed by atoms with van der Waals surface area (Å²) in [6, 6.07) is 6.40. The number of piperazine rings is 1. The van der Waals surface area contributed by atoms with E-state index in [1.807, 2.05) is 16.3 Å². The first-order valence-electron chi connectivity index (χ1n) is 7.38. The fraction of sp³-hybridized carbons (Fsp3) is 0.375. The summed E-state index contributed by atoms with van der Waals surface area (Å²) in [6.45, 7) is 2.08. The monoisotopic (exact) mass is 391 g/mol. The Morgan fingerprint density at radius 1 is 1.42 bits per heavy atom. The van der Waals surface area contributed by atoms with Crippen LogP contribution >= 0.6 is 36.2 Å². The molecule has 8 heteroatoms. The van der Waals surface area contributed by atoms with Crippen molar-refractivity contribution in [3.63, 3.8) is 0 Å². The van der Waals surface area contributed by atoms with Crippen LogP contribution in [-0.2, 0) is 11.2 Å². The fourth-order valence-electron chi connectivity index (χ4n) is 2.75. The van der Waals surface area contributed by atoms with E-state index in [0.29, 0.717) is 25.9 Å². The Morgan fingerprint density at radius 3 is 2.96 bits per heavy atom. The van der Waals surface area contributed by atoms with E-state index in [-0.39, 0.29) is 42.6 Å². The number of aryl methyl sites for hydroxylation is 1. The van der Waals surface area contributed by atoms with Crippen LogP contribution in [0.25, 0.3) is 0 Å². The molecule has 0 aliphatic carbocycles. The summed E-state index contributed by atoms with van der Waals surface area (Å²) in [5.41, 5.74) is 0.842. The SMILES string of the molecule is Cl.Cl.O=C(CCc1nccs1)N1CCNCC1c1cccc(F)c1. The maximum Gasteiger partial charge on any atom is 0.223 e. The molecule has 24 heavy (non-hydrogen) atoms. The minimum Gasteiger partial charge on any atom is -0.333 e. The van der Waals surface area contributed by atoms with Crippen molar-refractivity contribution in [3.8, 4) is 0 Å². The van der Waals surface area contributed by atoms with Gasteiger partial charge in [-0.25, -0.2) is 9.37 Å². The molecule has 1 amide bonds. The maximum atomic E-state index is 13.5. The van der Waals surface area contributed by atoms with Crippen molar-refractivity contribution < 1.29 is 9.18 Å². The van der Waals surface area contributed by atoms with E-state index in [4.69, 9.17) is 0 Å². The van der Waals surface area contributed by atoms with E-state index in [1.54, 1.807) is 23.6 Å². The van der Waals surface area contributed by atoms with Gasteiger partial charge in [-0.2, -0.15) is 0 Å². The molecule has 1 aromatic heterocycles. The first kappa shape index (κ1) is 20.8. The number of aromatic nitrogens is 1. The molecule has 1 fully saturated rings. The second-order valence-electron chi connectivity index (χ2n) is 5.29. The van der Waals surface area contributed by atoms with Gasteiger partial charge in [0.2, 0.25) is 5.91 Å². The lowest BCUT2D eigenvalue weighted by molar-refractivity contribution is -0.134. The molecular formula is C16H20Cl2FN3OS. The number of rotatable bonds is 4. The number of hydrogen-bond acceptors (Lipinski definition) is 4. The smallest absolute Gasteiger partial charge is 0.223 e. The predicted molar refractivity (Wildman–Crippen MR) is 98.7 cm³/mol. The normalized spacial score (nSPS) is 16.9. The van der Waals surface area contributed by atoms with Crippen molar-refractivity contribution in [3.05, 3.63) is 52.2 Å². The number of carbonyl (C=O) groups is 1. The van der Waals surface area contributed by atoms with Crippen LogP contribution in [0.5, 0.6) is 0 Å². The van der Waals surface area contributed by atoms with E-state index in [0.717, 1.165) is 17.1 Å². The number of nitrogens with one attached hydrogen (secondary N) is 1. The number of amides is 1. The summed E-state index contributed by atoms with van der Waals surface area (Å²) in [5, 5.41) is 6.18. The first-order valence-corrected chi connectivity index (χ1v) is 8.26. The number of halogens is 3. The van der Waals surface area contributed by atoms with Crippen LogP contribution in [0.2, 0.25) is 0 Å². The molecule has 0 radical (unpaired) electrons. The van der Waals surface area contributed by atoms with Gasteiger partial charge in [-0.3, -0.25) is 4.79 Å². The fourth-order valence-corrected chi connectivity index (χ4v) is 3.37. The maximum absolute atomic E-state index is 13.5. The van der Waals surface area contributed by atoms with E-state index in [1.165, 1.54) is 12.1 Å². The van der Waals surface area contributed by atoms with Gasteiger partial charge in [0.05, 0.1) is 11.0 Å². The highest BCUT2D eigenvalue weighted by Crippen LogP contribution is 2.24. The predicted octanol–water partition coefficient (Wildman–Crippen LogP) is 3.23. The molecule has 1 unspecified atom stereocenters. The highest BCUT2D eigenvalue weighted by molar-refractivity contribution is 7.09. The zero-order valence-corrected chi connectivity index (χ0v) is 15.4. The molecule has 1 N–H and O–H groups in total. The lowest BCUT2D eigenvalue weighted by atomic mass is 10.0. The first-order chi connectivity index (χ1) is 10.7. The zero-order valence-electron chi connectivity index (χ0n) is 13.0. The third-order valence-electron chi connectivity index (χ3n) is 3.83. The Morgan fingerprint density at radius 2 is 2.25 bits per heavy atom. The Balaban J connectivity index is 0.00000144. The van der Waals surface area contributed by atoms with Gasteiger partial charge in [0.15, 0.2) is 0 Å². The minimum atomic E-state index is -0.266. The molecule has 1 aromatic carbocycles. The lowest BCUT2D eigenvalue weighted by Gasteiger charge is -2.36. The summed E-state index contributed by atoms with van der Waals surface area (Å²) in [7, 11) is 0. The van der Waals surface area contributed by atoms with E-state index in [9.17, 15) is 9.18 Å². The van der Waals surface area contributed by atoms with Gasteiger partial charge in [-0.15, -0.1) is 36.2 Å². The lowest BCUT2D eigenvalue weighted by Crippen LogP contribution is -2.48. The topological polar surface area (TPSA) is 45.2 Å². The van der Waals surface area contributed by atoms with Crippen LogP contribution < -0.4 is 5.32 Å². The van der Waals surface area contributed by atoms with Crippen LogP contribution in [0.4, 0.5) is 4.39 Å². The van der Waals surface area contributed by atoms with Crippen LogP contribution in [0.1, 0.15) is 23.0 Å². The number of thiazole rings is 1. The van der Waals surface area contributed by atoms with Gasteiger partial charge >= 0.3 is 0 Å². The molecular weight excluding hydrogens is 372 g/mol. The average Bonchev–Trinajstić information content (AvgIpc) is 3.06. The molecule has 132 valence electrons. The van der Waals surface area contributed by atoms with Crippen molar-refractivity contribution in [2.75, 3.05) is 19.6 Å². The third-order valence-corrected chi connectivity index (χ3v) is 4.67. The number of benzene rings is 1. The van der Waals surface area contributed by atoms with E-state index in [2.05, 4.69) is 10.3 Å². The highest BCUT2D eigenvalue weighted by Gasteiger charge is 2.27. The van der Waals surface area contributed by atoms with Gasteiger partial charge in [0, 0.05) is 44.1 Å². The van der Waals surface area contributed by atoms with Crippen LogP contribution in [0, 0.1) is 5.82 Å². The molecule has 1 saturated heterocycles.